The summed E-state index contributed by atoms with van der Waals surface area (Å²) in [7, 11) is 1.26. The molecule has 0 bridgehead atoms. The summed E-state index contributed by atoms with van der Waals surface area (Å²) in [6.45, 7) is 3.50. The van der Waals surface area contributed by atoms with Crippen molar-refractivity contribution in [1.82, 2.24) is 0 Å². The van der Waals surface area contributed by atoms with E-state index in [2.05, 4.69) is 4.74 Å². The molecule has 0 amide bonds. The molecule has 0 saturated heterocycles. The minimum atomic E-state index is -0.964. The smallest absolute Gasteiger partial charge is 0.346 e. The van der Waals surface area contributed by atoms with Gasteiger partial charge in [-0.2, -0.15) is 0 Å². The fraction of sp³-hybridized carbons (Fsp3) is 0.263. The van der Waals surface area contributed by atoms with E-state index in [0.29, 0.717) is 16.7 Å². The van der Waals surface area contributed by atoms with Crippen molar-refractivity contribution in [2.24, 2.45) is 0 Å². The summed E-state index contributed by atoms with van der Waals surface area (Å²) < 4.78 is 21.5. The number of aryl methyl sites for hydroxylation is 1. The first-order chi connectivity index (χ1) is 12.0. The third-order valence-electron chi connectivity index (χ3n) is 3.89. The lowest BCUT2D eigenvalue weighted by Gasteiger charge is -2.14. The molecule has 25 heavy (non-hydrogen) atoms. The molecule has 0 fully saturated rings. The third kappa shape index (κ3) is 3.15. The summed E-state index contributed by atoms with van der Waals surface area (Å²) >= 11 is 0. The van der Waals surface area contributed by atoms with Crippen LogP contribution < -0.4 is 10.2 Å². The number of furan rings is 1. The monoisotopic (exact) mass is 342 g/mol. The van der Waals surface area contributed by atoms with Gasteiger partial charge in [0.25, 0.3) is 0 Å². The normalized spacial score (nSPS) is 12.1. The van der Waals surface area contributed by atoms with E-state index in [0.717, 1.165) is 12.0 Å². The summed E-state index contributed by atoms with van der Waals surface area (Å²) in [5, 5.41) is 0.390. The average molecular weight is 342 g/mol. The molecule has 1 atom stereocenters. The largest absolute Gasteiger partial charge is 0.471 e. The molecule has 0 N–H and O–H groups in total. The quantitative estimate of drug-likeness (QED) is 0.660. The zero-order chi connectivity index (χ0) is 18.0. The van der Waals surface area contributed by atoms with Gasteiger partial charge in [0, 0.05) is 0 Å². The molecule has 130 valence electrons. The molecule has 3 aromatic rings. The van der Waals surface area contributed by atoms with E-state index < -0.39 is 12.1 Å². The van der Waals surface area contributed by atoms with E-state index >= 15 is 0 Å². The lowest BCUT2D eigenvalue weighted by Crippen LogP contribution is -2.27. The molecule has 0 aliphatic rings. The van der Waals surface area contributed by atoms with Gasteiger partial charge in [-0.05, 0) is 43.2 Å². The van der Waals surface area contributed by atoms with Crippen LogP contribution in [0.2, 0.25) is 0 Å². The van der Waals surface area contributed by atoms with Crippen molar-refractivity contribution in [3.05, 3.63) is 52.4 Å². The number of methoxy groups -OCH3 is 1. The van der Waals surface area contributed by atoms with Gasteiger partial charge in [-0.15, -0.1) is 0 Å². The second kappa shape index (κ2) is 6.84. The number of rotatable bonds is 5. The van der Waals surface area contributed by atoms with Gasteiger partial charge in [0.15, 0.2) is 11.9 Å². The molecule has 1 unspecified atom stereocenters. The van der Waals surface area contributed by atoms with Gasteiger partial charge in [0.1, 0.15) is 5.58 Å². The average Bonchev–Trinajstić information content (AvgIpc) is 3.17. The Balaban J connectivity index is 2.23. The van der Waals surface area contributed by atoms with Crippen molar-refractivity contribution in [3.63, 3.8) is 0 Å². The Labute approximate surface area is 144 Å². The molecule has 6 heteroatoms. The molecule has 6 nitrogen and oxygen atoms in total. The topological polar surface area (TPSA) is 78.9 Å². The van der Waals surface area contributed by atoms with Crippen molar-refractivity contribution >= 4 is 16.9 Å². The molecule has 0 aliphatic carbocycles. The number of fused-ring (bicyclic) bond motifs is 1. The van der Waals surface area contributed by atoms with Crippen molar-refractivity contribution in [2.75, 3.05) is 7.11 Å². The fourth-order valence-corrected chi connectivity index (χ4v) is 2.51. The number of benzene rings is 1. The number of ether oxygens (including phenoxy) is 2. The van der Waals surface area contributed by atoms with Crippen molar-refractivity contribution in [1.29, 1.82) is 0 Å². The molecular formula is C19H18O6. The van der Waals surface area contributed by atoms with Gasteiger partial charge in [-0.25, -0.2) is 4.79 Å². The van der Waals surface area contributed by atoms with Crippen LogP contribution in [0.1, 0.15) is 19.4 Å². The first-order valence-corrected chi connectivity index (χ1v) is 7.93. The van der Waals surface area contributed by atoms with E-state index in [1.807, 2.05) is 13.0 Å². The van der Waals surface area contributed by atoms with Gasteiger partial charge in [0.05, 0.1) is 18.8 Å². The molecule has 3 rings (SSSR count). The highest BCUT2D eigenvalue weighted by atomic mass is 16.6. The number of hydrogen-bond acceptors (Lipinski definition) is 6. The molecule has 0 aliphatic heterocycles. The second-order valence-corrected chi connectivity index (χ2v) is 5.53. The highest BCUT2D eigenvalue weighted by Crippen LogP contribution is 2.32. The zero-order valence-corrected chi connectivity index (χ0v) is 14.2. The predicted molar refractivity (Wildman–Crippen MR) is 91.7 cm³/mol. The Kier molecular flexibility index (Phi) is 4.61. The summed E-state index contributed by atoms with van der Waals surface area (Å²) in [6.07, 6.45) is 1.28. The first kappa shape index (κ1) is 16.8. The molecule has 2 heterocycles. The van der Waals surface area contributed by atoms with Gasteiger partial charge in [-0.1, -0.05) is 13.0 Å². The maximum Gasteiger partial charge on any atom is 0.346 e. The van der Waals surface area contributed by atoms with Gasteiger partial charge >= 0.3 is 5.97 Å². The van der Waals surface area contributed by atoms with Crippen LogP contribution in [-0.4, -0.2) is 19.2 Å². The zero-order valence-electron chi connectivity index (χ0n) is 14.2. The maximum atomic E-state index is 13.0. The Morgan fingerprint density at radius 1 is 1.28 bits per heavy atom. The van der Waals surface area contributed by atoms with Crippen molar-refractivity contribution in [2.45, 2.75) is 26.4 Å². The Bertz CT molecular complexity index is 952. The van der Waals surface area contributed by atoms with Crippen LogP contribution >= 0.6 is 0 Å². The molecule has 2 aromatic heterocycles. The number of hydrogen-bond donors (Lipinski definition) is 0. The molecule has 0 spiro atoms. The van der Waals surface area contributed by atoms with Crippen molar-refractivity contribution in [3.8, 4) is 17.3 Å². The molecular weight excluding hydrogens is 324 g/mol. The van der Waals surface area contributed by atoms with Crippen LogP contribution in [-0.2, 0) is 16.0 Å². The van der Waals surface area contributed by atoms with Gasteiger partial charge in [-0.3, -0.25) is 4.79 Å². The van der Waals surface area contributed by atoms with Crippen molar-refractivity contribution < 1.29 is 23.1 Å². The van der Waals surface area contributed by atoms with Crippen LogP contribution in [0, 0.1) is 0 Å². The van der Waals surface area contributed by atoms with Crippen LogP contribution in [0.5, 0.6) is 5.75 Å². The first-order valence-electron chi connectivity index (χ1n) is 7.93. The van der Waals surface area contributed by atoms with E-state index in [1.54, 1.807) is 24.3 Å². The molecule has 0 saturated carbocycles. The van der Waals surface area contributed by atoms with Crippen LogP contribution in [0.25, 0.3) is 22.5 Å². The van der Waals surface area contributed by atoms with Crippen LogP contribution in [0.15, 0.2) is 50.2 Å². The van der Waals surface area contributed by atoms with Gasteiger partial charge in [0.2, 0.25) is 16.9 Å². The Morgan fingerprint density at radius 3 is 2.72 bits per heavy atom. The predicted octanol–water partition coefficient (Wildman–Crippen LogP) is 3.56. The van der Waals surface area contributed by atoms with Gasteiger partial charge < -0.3 is 18.3 Å². The Morgan fingerprint density at radius 2 is 2.08 bits per heavy atom. The Hall–Kier alpha value is -3.02. The lowest BCUT2D eigenvalue weighted by atomic mass is 10.1. The minimum Gasteiger partial charge on any atom is -0.471 e. The molecule has 1 aromatic carbocycles. The lowest BCUT2D eigenvalue weighted by molar-refractivity contribution is -0.147. The van der Waals surface area contributed by atoms with E-state index in [4.69, 9.17) is 13.6 Å². The number of carbonyl (C=O) groups excluding carboxylic acids is 1. The summed E-state index contributed by atoms with van der Waals surface area (Å²) in [4.78, 5) is 24.7. The van der Waals surface area contributed by atoms with Crippen LogP contribution in [0.3, 0.4) is 0 Å². The third-order valence-corrected chi connectivity index (χ3v) is 3.89. The minimum absolute atomic E-state index is 0.0754. The fourth-order valence-electron chi connectivity index (χ4n) is 2.51. The standard InChI is InChI=1S/C19H18O6/c1-4-12-7-8-14-13(10-12)16(20)18(24-11(2)19(21)22-3)17(25-14)15-6-5-9-23-15/h5-11H,4H2,1-3H3. The summed E-state index contributed by atoms with van der Waals surface area (Å²) in [5.74, 6) is -0.186. The van der Waals surface area contributed by atoms with E-state index in [1.165, 1.54) is 20.3 Å². The second-order valence-electron chi connectivity index (χ2n) is 5.53. The highest BCUT2D eigenvalue weighted by Gasteiger charge is 2.24. The summed E-state index contributed by atoms with van der Waals surface area (Å²) in [5.41, 5.74) is 1.06. The molecule has 0 radical (unpaired) electrons. The maximum absolute atomic E-state index is 13.0. The summed E-state index contributed by atoms with van der Waals surface area (Å²) in [6, 6.07) is 8.74. The van der Waals surface area contributed by atoms with E-state index in [9.17, 15) is 9.59 Å². The SMILES string of the molecule is CCc1ccc2oc(-c3ccco3)c(OC(C)C(=O)OC)c(=O)c2c1. The number of esters is 1. The van der Waals surface area contributed by atoms with Crippen LogP contribution in [0.4, 0.5) is 0 Å². The van der Waals surface area contributed by atoms with E-state index in [-0.39, 0.29) is 16.9 Å². The number of carbonyl (C=O) groups is 1. The highest BCUT2D eigenvalue weighted by molar-refractivity contribution is 5.82.